The summed E-state index contributed by atoms with van der Waals surface area (Å²) >= 11 is 0. The topological polar surface area (TPSA) is 58.1 Å². The number of phenolic OH excluding ortho intramolecular Hbond substituents is 1. The summed E-state index contributed by atoms with van der Waals surface area (Å²) in [5.74, 6) is -3.63. The van der Waals surface area contributed by atoms with E-state index in [-0.39, 0.29) is 18.2 Å². The van der Waals surface area contributed by atoms with Gasteiger partial charge in [0.15, 0.2) is 5.69 Å². The number of phenols is 1. The number of nitrogens with one attached hydrogen (secondary N) is 1. The molecular formula is C23H16F12N2O2. The van der Waals surface area contributed by atoms with Gasteiger partial charge < -0.3 is 9.84 Å². The van der Waals surface area contributed by atoms with Crippen LogP contribution in [-0.2, 0) is 18.5 Å². The average Bonchev–Trinajstić information content (AvgIpc) is 3.27. The van der Waals surface area contributed by atoms with Crippen LogP contribution in [0.2, 0.25) is 0 Å². The van der Waals surface area contributed by atoms with Gasteiger partial charge in [0.25, 0.3) is 0 Å². The van der Waals surface area contributed by atoms with Gasteiger partial charge in [-0.1, -0.05) is 6.92 Å². The highest BCUT2D eigenvalue weighted by Crippen LogP contribution is 2.47. The number of aromatic nitrogens is 2. The van der Waals surface area contributed by atoms with E-state index in [2.05, 4.69) is 5.10 Å². The first-order chi connectivity index (χ1) is 17.7. The number of nitrogens with zero attached hydrogens (tertiary/aromatic N) is 1. The lowest BCUT2D eigenvalue weighted by atomic mass is 9.95. The van der Waals surface area contributed by atoms with E-state index in [0.29, 0.717) is 6.07 Å². The van der Waals surface area contributed by atoms with E-state index in [1.165, 1.54) is 0 Å². The quantitative estimate of drug-likeness (QED) is 0.288. The number of aromatic hydroxyl groups is 1. The summed E-state index contributed by atoms with van der Waals surface area (Å²) in [5.41, 5.74) is -7.78. The summed E-state index contributed by atoms with van der Waals surface area (Å²) in [6.45, 7) is 0.0869. The molecule has 0 saturated carbocycles. The smallest absolute Gasteiger partial charge is 0.435 e. The maximum atomic E-state index is 13.4. The number of benzene rings is 2. The summed E-state index contributed by atoms with van der Waals surface area (Å²) in [6.07, 6.45) is -20.8. The molecule has 0 amide bonds. The van der Waals surface area contributed by atoms with Gasteiger partial charge in [0, 0.05) is 5.56 Å². The molecule has 1 aromatic heterocycles. The Labute approximate surface area is 211 Å². The van der Waals surface area contributed by atoms with E-state index in [1.54, 1.807) is 0 Å². The van der Waals surface area contributed by atoms with Crippen molar-refractivity contribution >= 4 is 0 Å². The van der Waals surface area contributed by atoms with Crippen molar-refractivity contribution in [3.8, 4) is 33.9 Å². The van der Waals surface area contributed by atoms with Crippen molar-refractivity contribution in [2.75, 3.05) is 6.61 Å². The molecule has 2 aromatic carbocycles. The number of hydrogen-bond acceptors (Lipinski definition) is 3. The van der Waals surface area contributed by atoms with Crippen LogP contribution in [0.3, 0.4) is 0 Å². The van der Waals surface area contributed by atoms with E-state index in [9.17, 15) is 57.8 Å². The van der Waals surface area contributed by atoms with E-state index in [1.807, 2.05) is 5.10 Å². The lowest BCUT2D eigenvalue weighted by Crippen LogP contribution is -2.21. The summed E-state index contributed by atoms with van der Waals surface area (Å²) in [4.78, 5) is 0. The van der Waals surface area contributed by atoms with Crippen molar-refractivity contribution in [1.29, 1.82) is 0 Å². The predicted molar refractivity (Wildman–Crippen MR) is 111 cm³/mol. The van der Waals surface area contributed by atoms with Crippen LogP contribution in [0, 0.1) is 5.92 Å². The van der Waals surface area contributed by atoms with Gasteiger partial charge in [-0.05, 0) is 48.4 Å². The molecule has 0 saturated heterocycles. The lowest BCUT2D eigenvalue weighted by Gasteiger charge is -2.20. The minimum Gasteiger partial charge on any atom is -0.506 e. The normalized spacial score (nSPS) is 14.0. The molecule has 0 bridgehead atoms. The number of aromatic amines is 1. The van der Waals surface area contributed by atoms with Crippen LogP contribution in [-0.4, -0.2) is 28.1 Å². The van der Waals surface area contributed by atoms with Crippen molar-refractivity contribution in [2.45, 2.75) is 38.0 Å². The number of ether oxygens (including phenoxy) is 1. The van der Waals surface area contributed by atoms with Crippen LogP contribution in [0.1, 0.15) is 30.2 Å². The van der Waals surface area contributed by atoms with Gasteiger partial charge >= 0.3 is 24.7 Å². The molecule has 0 aliphatic heterocycles. The Morgan fingerprint density at radius 2 is 1.38 bits per heavy atom. The van der Waals surface area contributed by atoms with Crippen LogP contribution in [0.25, 0.3) is 22.4 Å². The van der Waals surface area contributed by atoms with Crippen LogP contribution in [0.5, 0.6) is 11.5 Å². The largest absolute Gasteiger partial charge is 0.506 e. The summed E-state index contributed by atoms with van der Waals surface area (Å²) in [7, 11) is 0. The van der Waals surface area contributed by atoms with Gasteiger partial charge in [-0.3, -0.25) is 5.10 Å². The fourth-order valence-electron chi connectivity index (χ4n) is 3.40. The molecule has 0 radical (unpaired) electrons. The van der Waals surface area contributed by atoms with Crippen molar-refractivity contribution in [3.05, 3.63) is 53.2 Å². The number of hydrogen-bond donors (Lipinski definition) is 2. The number of rotatable bonds is 6. The van der Waals surface area contributed by atoms with Crippen LogP contribution in [0.15, 0.2) is 36.4 Å². The highest BCUT2D eigenvalue weighted by atomic mass is 19.4. The van der Waals surface area contributed by atoms with Gasteiger partial charge in [-0.25, -0.2) is 0 Å². The zero-order valence-corrected chi connectivity index (χ0v) is 19.3. The molecule has 3 aromatic rings. The van der Waals surface area contributed by atoms with E-state index < -0.39 is 94.4 Å². The van der Waals surface area contributed by atoms with Crippen molar-refractivity contribution < 1.29 is 62.5 Å². The molecule has 1 atom stereocenters. The van der Waals surface area contributed by atoms with Crippen molar-refractivity contribution in [1.82, 2.24) is 10.2 Å². The summed E-state index contributed by atoms with van der Waals surface area (Å²) < 4.78 is 163. The Morgan fingerprint density at radius 3 is 1.85 bits per heavy atom. The Kier molecular flexibility index (Phi) is 7.82. The highest BCUT2D eigenvalue weighted by molar-refractivity contribution is 5.85. The first kappa shape index (κ1) is 30.0. The molecule has 4 nitrogen and oxygen atoms in total. The van der Waals surface area contributed by atoms with Gasteiger partial charge in [0.05, 0.1) is 34.9 Å². The average molecular weight is 580 g/mol. The molecule has 0 aliphatic rings. The zero-order chi connectivity index (χ0) is 29.6. The first-order valence-corrected chi connectivity index (χ1v) is 10.7. The fraction of sp³-hybridized carbons (Fsp3) is 0.348. The van der Waals surface area contributed by atoms with Gasteiger partial charge in [-0.15, -0.1) is 0 Å². The second-order valence-corrected chi connectivity index (χ2v) is 8.37. The molecule has 0 fully saturated rings. The van der Waals surface area contributed by atoms with E-state index >= 15 is 0 Å². The van der Waals surface area contributed by atoms with E-state index in [0.717, 1.165) is 19.1 Å². The third-order valence-corrected chi connectivity index (χ3v) is 5.54. The standard InChI is InChI=1S/C23H16F12N2O2/c1-10(20(24,25)26)4-5-39-16-3-2-14(15-9-17(37-36-15)23(33,34)35)19(38)18(16)11-6-12(21(27,28)29)8-13(7-11)22(30,31)32/h2-3,6-10,38H,4-5H2,1H3,(H,36,37). The summed E-state index contributed by atoms with van der Waals surface area (Å²) in [5, 5.41) is 15.8. The third-order valence-electron chi connectivity index (χ3n) is 5.54. The second-order valence-electron chi connectivity index (χ2n) is 8.37. The minimum atomic E-state index is -5.29. The molecule has 1 unspecified atom stereocenters. The molecule has 2 N–H and O–H groups in total. The van der Waals surface area contributed by atoms with Gasteiger partial charge in [-0.2, -0.15) is 57.8 Å². The molecule has 16 heteroatoms. The minimum absolute atomic E-state index is 0.194. The van der Waals surface area contributed by atoms with E-state index in [4.69, 9.17) is 4.74 Å². The SMILES string of the molecule is CC(CCOc1ccc(-c2cc(C(F)(F)F)n[nH]2)c(O)c1-c1cc(C(F)(F)F)cc(C(F)(F)F)c1)C(F)(F)F. The maximum absolute atomic E-state index is 13.4. The van der Waals surface area contributed by atoms with Crippen LogP contribution >= 0.6 is 0 Å². The highest BCUT2D eigenvalue weighted by Gasteiger charge is 2.39. The number of alkyl halides is 12. The number of halogens is 12. The van der Waals surface area contributed by atoms with Crippen LogP contribution in [0.4, 0.5) is 52.7 Å². The second kappa shape index (κ2) is 10.2. The Balaban J connectivity index is 2.21. The molecule has 1 heterocycles. The summed E-state index contributed by atoms with van der Waals surface area (Å²) in [6, 6.07) is 2.48. The van der Waals surface area contributed by atoms with Crippen molar-refractivity contribution in [3.63, 3.8) is 0 Å². The molecule has 214 valence electrons. The Morgan fingerprint density at radius 1 is 0.821 bits per heavy atom. The molecule has 39 heavy (non-hydrogen) atoms. The third kappa shape index (κ3) is 6.89. The van der Waals surface area contributed by atoms with Crippen molar-refractivity contribution in [2.24, 2.45) is 5.92 Å². The van der Waals surface area contributed by atoms with Gasteiger partial charge in [0.1, 0.15) is 11.5 Å². The zero-order valence-electron chi connectivity index (χ0n) is 19.3. The molecule has 0 spiro atoms. The molecule has 0 aliphatic carbocycles. The predicted octanol–water partition coefficient (Wildman–Crippen LogP) is 8.47. The Hall–Kier alpha value is -3.59. The molecular weight excluding hydrogens is 564 g/mol. The monoisotopic (exact) mass is 580 g/mol. The Bertz CT molecular complexity index is 1290. The maximum Gasteiger partial charge on any atom is 0.435 e. The van der Waals surface area contributed by atoms with Crippen LogP contribution < -0.4 is 4.74 Å². The fourth-order valence-corrected chi connectivity index (χ4v) is 3.40. The first-order valence-electron chi connectivity index (χ1n) is 10.7. The lowest BCUT2D eigenvalue weighted by molar-refractivity contribution is -0.172. The van der Waals surface area contributed by atoms with Gasteiger partial charge in [0.2, 0.25) is 0 Å². The number of H-pyrrole nitrogens is 1. The molecule has 3 rings (SSSR count).